The molecule has 4 aromatic rings. The van der Waals surface area contributed by atoms with Crippen LogP contribution in [0.5, 0.6) is 11.5 Å². The van der Waals surface area contributed by atoms with Crippen molar-refractivity contribution in [2.45, 2.75) is 13.3 Å². The van der Waals surface area contributed by atoms with E-state index in [2.05, 4.69) is 20.3 Å². The Labute approximate surface area is 172 Å². The summed E-state index contributed by atoms with van der Waals surface area (Å²) in [5, 5.41) is 3.20. The lowest BCUT2D eigenvalue weighted by molar-refractivity contribution is 0.0983. The number of nitrogens with zero attached hydrogens (tertiary/aromatic N) is 3. The van der Waals surface area contributed by atoms with Crippen LogP contribution in [-0.2, 0) is 0 Å². The van der Waals surface area contributed by atoms with E-state index in [1.807, 2.05) is 24.3 Å². The molecule has 0 unspecified atom stereocenters. The lowest BCUT2D eigenvalue weighted by atomic mass is 10.2. The first-order chi connectivity index (χ1) is 14.6. The second-order valence-electron chi connectivity index (χ2n) is 6.42. The molecule has 3 N–H and O–H groups in total. The van der Waals surface area contributed by atoms with Gasteiger partial charge in [-0.1, -0.05) is 13.0 Å². The smallest absolute Gasteiger partial charge is 0.222 e. The average molecular weight is 401 g/mol. The maximum absolute atomic E-state index is 11.9. The third-order valence-electron chi connectivity index (χ3n) is 4.24. The van der Waals surface area contributed by atoms with Crippen LogP contribution in [0.2, 0.25) is 0 Å². The van der Waals surface area contributed by atoms with Crippen molar-refractivity contribution in [2.75, 3.05) is 11.1 Å². The normalized spacial score (nSPS) is 10.6. The van der Waals surface area contributed by atoms with Gasteiger partial charge in [0.25, 0.3) is 0 Å². The molecule has 8 nitrogen and oxygen atoms in total. The minimum Gasteiger partial charge on any atom is -0.472 e. The van der Waals surface area contributed by atoms with E-state index in [0.717, 1.165) is 11.3 Å². The van der Waals surface area contributed by atoms with Crippen LogP contribution in [0.3, 0.4) is 0 Å². The number of rotatable bonds is 7. The predicted molar refractivity (Wildman–Crippen MR) is 113 cm³/mol. The van der Waals surface area contributed by atoms with Crippen LogP contribution < -0.4 is 15.8 Å². The zero-order valence-corrected chi connectivity index (χ0v) is 16.2. The Morgan fingerprint density at radius 2 is 2.00 bits per heavy atom. The molecule has 1 aromatic carbocycles. The number of nitrogens with one attached hydrogen (secondary N) is 1. The molecule has 150 valence electrons. The van der Waals surface area contributed by atoms with Crippen molar-refractivity contribution in [3.05, 3.63) is 72.9 Å². The number of hydrogen-bond donors (Lipinski definition) is 2. The number of anilines is 3. The van der Waals surface area contributed by atoms with Crippen molar-refractivity contribution in [1.82, 2.24) is 15.0 Å². The predicted octanol–water partition coefficient (Wildman–Crippen LogP) is 4.84. The summed E-state index contributed by atoms with van der Waals surface area (Å²) in [5.41, 5.74) is 8.44. The Morgan fingerprint density at radius 3 is 2.80 bits per heavy atom. The molecule has 0 aliphatic heterocycles. The summed E-state index contributed by atoms with van der Waals surface area (Å²) in [6, 6.07) is 14.3. The van der Waals surface area contributed by atoms with Gasteiger partial charge in [0.05, 0.1) is 18.2 Å². The summed E-state index contributed by atoms with van der Waals surface area (Å²) in [6.07, 6.45) is 5.10. The number of furan rings is 1. The molecule has 30 heavy (non-hydrogen) atoms. The van der Waals surface area contributed by atoms with Crippen LogP contribution >= 0.6 is 0 Å². The molecule has 0 saturated heterocycles. The highest BCUT2D eigenvalue weighted by atomic mass is 16.5. The van der Waals surface area contributed by atoms with E-state index in [-0.39, 0.29) is 11.7 Å². The van der Waals surface area contributed by atoms with Crippen molar-refractivity contribution in [1.29, 1.82) is 0 Å². The average Bonchev–Trinajstić information content (AvgIpc) is 3.28. The molecule has 3 aromatic heterocycles. The largest absolute Gasteiger partial charge is 0.472 e. The Balaban J connectivity index is 1.54. The summed E-state index contributed by atoms with van der Waals surface area (Å²) in [6.45, 7) is 1.80. The third kappa shape index (κ3) is 4.44. The van der Waals surface area contributed by atoms with Gasteiger partial charge in [0.2, 0.25) is 5.95 Å². The topological polar surface area (TPSA) is 116 Å². The van der Waals surface area contributed by atoms with Gasteiger partial charge in [-0.15, -0.1) is 0 Å². The van der Waals surface area contributed by atoms with Gasteiger partial charge in [0, 0.05) is 42.1 Å². The number of pyridine rings is 1. The first-order valence-electron chi connectivity index (χ1n) is 9.32. The fourth-order valence-electron chi connectivity index (χ4n) is 2.82. The molecule has 0 spiro atoms. The monoisotopic (exact) mass is 401 g/mol. The molecule has 8 heteroatoms. The molecule has 4 rings (SSSR count). The third-order valence-corrected chi connectivity index (χ3v) is 4.24. The fourth-order valence-corrected chi connectivity index (χ4v) is 2.82. The summed E-state index contributed by atoms with van der Waals surface area (Å²) < 4.78 is 11.0. The number of aromatic nitrogens is 3. The summed E-state index contributed by atoms with van der Waals surface area (Å²) >= 11 is 0. The molecular weight excluding hydrogens is 382 g/mol. The van der Waals surface area contributed by atoms with Gasteiger partial charge < -0.3 is 20.2 Å². The van der Waals surface area contributed by atoms with Gasteiger partial charge in [0.15, 0.2) is 5.78 Å². The van der Waals surface area contributed by atoms with E-state index in [1.165, 1.54) is 0 Å². The van der Waals surface area contributed by atoms with Gasteiger partial charge in [-0.3, -0.25) is 9.78 Å². The Bertz CT molecular complexity index is 1180. The van der Waals surface area contributed by atoms with Crippen LogP contribution in [0.25, 0.3) is 11.3 Å². The lowest BCUT2D eigenvalue weighted by Crippen LogP contribution is -2.01. The summed E-state index contributed by atoms with van der Waals surface area (Å²) in [5.74, 6) is 1.78. The molecule has 0 bridgehead atoms. The molecular formula is C22H19N5O3. The number of nitrogen functional groups attached to an aromatic ring is 1. The Kier molecular flexibility index (Phi) is 5.38. The number of benzene rings is 1. The van der Waals surface area contributed by atoms with Gasteiger partial charge in [-0.25, -0.2) is 4.98 Å². The number of Topliss-reactive ketones (excluding diaryl/α,β-unsaturated/α-hetero) is 1. The quantitative estimate of drug-likeness (QED) is 0.423. The lowest BCUT2D eigenvalue weighted by Gasteiger charge is -2.11. The van der Waals surface area contributed by atoms with E-state index in [1.54, 1.807) is 49.9 Å². The van der Waals surface area contributed by atoms with Gasteiger partial charge in [-0.05, 0) is 24.3 Å². The van der Waals surface area contributed by atoms with Crippen LogP contribution in [0.15, 0.2) is 71.7 Å². The second-order valence-corrected chi connectivity index (χ2v) is 6.42. The molecule has 0 radical (unpaired) electrons. The molecule has 0 fully saturated rings. The van der Waals surface area contributed by atoms with E-state index in [9.17, 15) is 4.79 Å². The van der Waals surface area contributed by atoms with Crippen LogP contribution in [0.4, 0.5) is 17.5 Å². The van der Waals surface area contributed by atoms with E-state index in [0.29, 0.717) is 35.1 Å². The van der Waals surface area contributed by atoms with Crippen molar-refractivity contribution < 1.29 is 13.9 Å². The van der Waals surface area contributed by atoms with Crippen molar-refractivity contribution >= 4 is 23.2 Å². The molecule has 0 aliphatic carbocycles. The van der Waals surface area contributed by atoms with E-state index >= 15 is 0 Å². The fraction of sp³-hybridized carbons (Fsp3) is 0.0909. The number of ether oxygens (including phenoxy) is 1. The van der Waals surface area contributed by atoms with E-state index in [4.69, 9.17) is 14.9 Å². The summed E-state index contributed by atoms with van der Waals surface area (Å²) in [7, 11) is 0. The minimum atomic E-state index is -0.0364. The van der Waals surface area contributed by atoms with Crippen molar-refractivity contribution in [2.24, 2.45) is 0 Å². The number of carbonyl (C=O) groups is 1. The van der Waals surface area contributed by atoms with Crippen LogP contribution in [0, 0.1) is 0 Å². The maximum Gasteiger partial charge on any atom is 0.222 e. The zero-order valence-electron chi connectivity index (χ0n) is 16.2. The number of ketones is 1. The molecule has 0 saturated carbocycles. The molecule has 0 amide bonds. The molecule has 3 heterocycles. The standard InChI is InChI=1S/C22H19N5O3/c1-2-20(28)19-11-17(6-8-24-19)30-16-5-3-4-15(10-16)25-21-12-18(26-22(23)27-21)14-7-9-29-13-14/h3-13H,2H2,1H3,(H3,23,25,26,27). The zero-order chi connectivity index (χ0) is 20.9. The first kappa shape index (κ1) is 19.1. The number of hydrogen-bond acceptors (Lipinski definition) is 8. The number of nitrogens with two attached hydrogens (primary N) is 1. The van der Waals surface area contributed by atoms with Crippen molar-refractivity contribution in [3.8, 4) is 22.8 Å². The van der Waals surface area contributed by atoms with Crippen molar-refractivity contribution in [3.63, 3.8) is 0 Å². The maximum atomic E-state index is 11.9. The first-order valence-corrected chi connectivity index (χ1v) is 9.32. The molecule has 0 atom stereocenters. The number of carbonyl (C=O) groups excluding carboxylic acids is 1. The highest BCUT2D eigenvalue weighted by Crippen LogP contribution is 2.27. The van der Waals surface area contributed by atoms with E-state index < -0.39 is 0 Å². The van der Waals surface area contributed by atoms with Gasteiger partial charge >= 0.3 is 0 Å². The highest BCUT2D eigenvalue weighted by molar-refractivity contribution is 5.94. The van der Waals surface area contributed by atoms with Gasteiger partial charge in [0.1, 0.15) is 23.0 Å². The minimum absolute atomic E-state index is 0.0364. The SMILES string of the molecule is CCC(=O)c1cc(Oc2cccc(Nc3cc(-c4ccoc4)nc(N)n3)c2)ccn1. The Hall–Kier alpha value is -4.20. The van der Waals surface area contributed by atoms with Crippen LogP contribution in [-0.4, -0.2) is 20.7 Å². The highest BCUT2D eigenvalue weighted by Gasteiger charge is 2.09. The molecule has 0 aliphatic rings. The Morgan fingerprint density at radius 1 is 1.13 bits per heavy atom. The van der Waals surface area contributed by atoms with Crippen LogP contribution in [0.1, 0.15) is 23.8 Å². The second kappa shape index (κ2) is 8.44. The summed E-state index contributed by atoms with van der Waals surface area (Å²) in [4.78, 5) is 24.4. The van der Waals surface area contributed by atoms with Gasteiger partial charge in [-0.2, -0.15) is 4.98 Å².